The Kier molecular flexibility index (Phi) is 12.7. The molecule has 0 unspecified atom stereocenters. The minimum Gasteiger partial charge on any atom is -0.494 e. The van der Waals surface area contributed by atoms with Gasteiger partial charge in [0.1, 0.15) is 17.2 Å². The van der Waals surface area contributed by atoms with Crippen LogP contribution in [0.15, 0.2) is 79.0 Å². The molecule has 0 amide bonds. The second kappa shape index (κ2) is 16.7. The van der Waals surface area contributed by atoms with Crippen LogP contribution in [0.3, 0.4) is 0 Å². The van der Waals surface area contributed by atoms with Crippen molar-refractivity contribution in [2.45, 2.75) is 58.8 Å². The number of aromatic nitrogens is 1. The molecule has 0 aliphatic carbocycles. The van der Waals surface area contributed by atoms with E-state index in [1.165, 1.54) is 0 Å². The van der Waals surface area contributed by atoms with E-state index in [4.69, 9.17) is 18.9 Å². The molecule has 3 rings (SSSR count). The second-order valence-corrected chi connectivity index (χ2v) is 9.49. The topological polar surface area (TPSA) is 84.0 Å². The van der Waals surface area contributed by atoms with E-state index in [0.717, 1.165) is 67.7 Å². The molecular weight excluding hydrogens is 506 g/mol. The van der Waals surface area contributed by atoms with E-state index in [1.807, 2.05) is 31.2 Å². The van der Waals surface area contributed by atoms with Crippen LogP contribution in [0.2, 0.25) is 0 Å². The average molecular weight is 546 g/mol. The minimum absolute atomic E-state index is 0.310. The highest BCUT2D eigenvalue weighted by atomic mass is 16.5. The Morgan fingerprint density at radius 3 is 1.93 bits per heavy atom. The Bertz CT molecular complexity index is 1200. The van der Waals surface area contributed by atoms with Gasteiger partial charge >= 0.3 is 11.9 Å². The SMILES string of the molecule is C=C(C)C(=O)OCCCCCCCCCOc1ccc(C(=O)Oc2ccc(-c3ccc(OCC)cn3)cc2)cc1. The van der Waals surface area contributed by atoms with Gasteiger partial charge in [-0.3, -0.25) is 4.98 Å². The largest absolute Gasteiger partial charge is 0.494 e. The van der Waals surface area contributed by atoms with Crippen molar-refractivity contribution in [2.24, 2.45) is 0 Å². The normalized spacial score (nSPS) is 10.6. The number of carbonyl (C=O) groups is 2. The Balaban J connectivity index is 1.29. The van der Waals surface area contributed by atoms with Crippen molar-refractivity contribution >= 4 is 11.9 Å². The predicted octanol–water partition coefficient (Wildman–Crippen LogP) is 7.60. The average Bonchev–Trinajstić information content (AvgIpc) is 2.97. The number of carbonyl (C=O) groups excluding carboxylic acids is 2. The zero-order chi connectivity index (χ0) is 28.6. The van der Waals surface area contributed by atoms with E-state index >= 15 is 0 Å². The molecule has 0 saturated carbocycles. The minimum atomic E-state index is -0.424. The Hall–Kier alpha value is -4.13. The number of unbranched alkanes of at least 4 members (excludes halogenated alkanes) is 6. The number of rotatable bonds is 17. The molecule has 0 aliphatic heterocycles. The number of nitrogens with zero attached hydrogens (tertiary/aromatic N) is 1. The first kappa shape index (κ1) is 30.4. The molecule has 0 N–H and O–H groups in total. The van der Waals surface area contributed by atoms with Gasteiger partial charge in [0.15, 0.2) is 0 Å². The zero-order valence-electron chi connectivity index (χ0n) is 23.5. The summed E-state index contributed by atoms with van der Waals surface area (Å²) in [5.74, 6) is 1.19. The van der Waals surface area contributed by atoms with Gasteiger partial charge in [-0.2, -0.15) is 0 Å². The molecule has 1 heterocycles. The third-order valence-corrected chi connectivity index (χ3v) is 6.14. The molecule has 0 atom stereocenters. The van der Waals surface area contributed by atoms with Gasteiger partial charge in [-0.1, -0.05) is 38.7 Å². The van der Waals surface area contributed by atoms with E-state index in [9.17, 15) is 9.59 Å². The fraction of sp³-hybridized carbons (Fsp3) is 0.364. The summed E-state index contributed by atoms with van der Waals surface area (Å²) in [5, 5.41) is 0. The third kappa shape index (κ3) is 10.6. The molecule has 40 heavy (non-hydrogen) atoms. The van der Waals surface area contributed by atoms with Crippen LogP contribution in [-0.2, 0) is 9.53 Å². The molecule has 0 aliphatic rings. The molecule has 0 radical (unpaired) electrons. The fourth-order valence-corrected chi connectivity index (χ4v) is 3.92. The molecule has 0 bridgehead atoms. The van der Waals surface area contributed by atoms with Crippen molar-refractivity contribution in [1.82, 2.24) is 4.98 Å². The fourth-order valence-electron chi connectivity index (χ4n) is 3.92. The lowest BCUT2D eigenvalue weighted by Crippen LogP contribution is -2.08. The van der Waals surface area contributed by atoms with E-state index in [0.29, 0.717) is 36.7 Å². The standard InChI is InChI=1S/C33H39NO6/c1-4-37-30-20-21-31(34-24-30)26-12-18-29(19-13-26)40-33(36)27-14-16-28(17-15-27)38-22-10-8-6-5-7-9-11-23-39-32(35)25(2)3/h12-21,24H,2,4-11,22-23H2,1,3H3. The van der Waals surface area contributed by atoms with Crippen LogP contribution >= 0.6 is 0 Å². The molecule has 7 heteroatoms. The Morgan fingerprint density at radius 1 is 0.725 bits per heavy atom. The monoisotopic (exact) mass is 545 g/mol. The van der Waals surface area contributed by atoms with Crippen molar-refractivity contribution in [2.75, 3.05) is 19.8 Å². The van der Waals surface area contributed by atoms with Crippen molar-refractivity contribution < 1.29 is 28.5 Å². The van der Waals surface area contributed by atoms with E-state index in [1.54, 1.807) is 49.5 Å². The molecule has 212 valence electrons. The number of ether oxygens (including phenoxy) is 4. The van der Waals surface area contributed by atoms with Crippen molar-refractivity contribution in [3.63, 3.8) is 0 Å². The number of benzene rings is 2. The lowest BCUT2D eigenvalue weighted by atomic mass is 10.1. The lowest BCUT2D eigenvalue weighted by Gasteiger charge is -2.08. The van der Waals surface area contributed by atoms with E-state index in [2.05, 4.69) is 11.6 Å². The molecule has 7 nitrogen and oxygen atoms in total. The molecule has 0 fully saturated rings. The van der Waals surface area contributed by atoms with Crippen LogP contribution in [0.1, 0.15) is 69.2 Å². The molecular formula is C33H39NO6. The summed E-state index contributed by atoms with van der Waals surface area (Å²) in [6, 6.07) is 18.0. The quantitative estimate of drug-likeness (QED) is 0.0747. The van der Waals surface area contributed by atoms with Gasteiger partial charge in [-0.25, -0.2) is 9.59 Å². The number of pyridine rings is 1. The summed E-state index contributed by atoms with van der Waals surface area (Å²) in [7, 11) is 0. The second-order valence-electron chi connectivity index (χ2n) is 9.49. The van der Waals surface area contributed by atoms with Gasteiger partial charge in [0, 0.05) is 11.1 Å². The summed E-state index contributed by atoms with van der Waals surface area (Å²) in [5.41, 5.74) is 2.63. The van der Waals surface area contributed by atoms with Crippen molar-refractivity contribution in [3.05, 3.63) is 84.6 Å². The Labute approximate surface area is 237 Å². The van der Waals surface area contributed by atoms with Crippen LogP contribution in [0.4, 0.5) is 0 Å². The van der Waals surface area contributed by atoms with Crippen LogP contribution in [0.5, 0.6) is 17.2 Å². The highest BCUT2D eigenvalue weighted by Gasteiger charge is 2.10. The maximum atomic E-state index is 12.6. The van der Waals surface area contributed by atoms with E-state index in [-0.39, 0.29) is 5.97 Å². The first-order valence-electron chi connectivity index (χ1n) is 13.9. The molecule has 1 aromatic heterocycles. The first-order chi connectivity index (χ1) is 19.5. The molecule has 3 aromatic rings. The van der Waals surface area contributed by atoms with Crippen LogP contribution in [0, 0.1) is 0 Å². The van der Waals surface area contributed by atoms with Gasteiger partial charge < -0.3 is 18.9 Å². The maximum absolute atomic E-state index is 12.6. The van der Waals surface area contributed by atoms with Crippen LogP contribution in [-0.4, -0.2) is 36.7 Å². The highest BCUT2D eigenvalue weighted by Crippen LogP contribution is 2.23. The van der Waals surface area contributed by atoms with Crippen LogP contribution in [0.25, 0.3) is 11.3 Å². The van der Waals surface area contributed by atoms with Gasteiger partial charge in [-0.05, 0) is 87.4 Å². The lowest BCUT2D eigenvalue weighted by molar-refractivity contribution is -0.139. The summed E-state index contributed by atoms with van der Waals surface area (Å²) in [6.45, 7) is 8.85. The summed E-state index contributed by atoms with van der Waals surface area (Å²) in [6.07, 6.45) is 9.16. The number of esters is 2. The maximum Gasteiger partial charge on any atom is 0.343 e. The zero-order valence-corrected chi connectivity index (χ0v) is 23.5. The van der Waals surface area contributed by atoms with Crippen molar-refractivity contribution in [1.29, 1.82) is 0 Å². The predicted molar refractivity (Wildman–Crippen MR) is 156 cm³/mol. The van der Waals surface area contributed by atoms with Gasteiger partial charge in [0.25, 0.3) is 0 Å². The van der Waals surface area contributed by atoms with E-state index < -0.39 is 5.97 Å². The smallest absolute Gasteiger partial charge is 0.343 e. The van der Waals surface area contributed by atoms with Gasteiger partial charge in [-0.15, -0.1) is 0 Å². The molecule has 0 spiro atoms. The third-order valence-electron chi connectivity index (χ3n) is 6.14. The highest BCUT2D eigenvalue weighted by molar-refractivity contribution is 5.91. The summed E-state index contributed by atoms with van der Waals surface area (Å²) in [4.78, 5) is 28.3. The summed E-state index contributed by atoms with van der Waals surface area (Å²) < 4.78 is 21.9. The number of hydrogen-bond acceptors (Lipinski definition) is 7. The van der Waals surface area contributed by atoms with Gasteiger partial charge in [0.05, 0.1) is 37.3 Å². The van der Waals surface area contributed by atoms with Gasteiger partial charge in [0.2, 0.25) is 0 Å². The van der Waals surface area contributed by atoms with Crippen molar-refractivity contribution in [3.8, 4) is 28.5 Å². The number of hydrogen-bond donors (Lipinski definition) is 0. The Morgan fingerprint density at radius 2 is 1.32 bits per heavy atom. The van der Waals surface area contributed by atoms with Crippen LogP contribution < -0.4 is 14.2 Å². The molecule has 2 aromatic carbocycles. The first-order valence-corrected chi connectivity index (χ1v) is 13.9. The molecule has 0 saturated heterocycles. The summed E-state index contributed by atoms with van der Waals surface area (Å²) >= 11 is 0.